The molecule has 1 aliphatic rings. The number of hydrogen-bond acceptors (Lipinski definition) is 5. The summed E-state index contributed by atoms with van der Waals surface area (Å²) >= 11 is 1.44. The van der Waals surface area contributed by atoms with Crippen molar-refractivity contribution in [3.63, 3.8) is 0 Å². The molecule has 1 amide bonds. The van der Waals surface area contributed by atoms with Crippen LogP contribution in [0.3, 0.4) is 0 Å². The summed E-state index contributed by atoms with van der Waals surface area (Å²) in [5.41, 5.74) is 0. The predicted octanol–water partition coefficient (Wildman–Crippen LogP) is 0.759. The van der Waals surface area contributed by atoms with Gasteiger partial charge in [0.15, 0.2) is 5.06 Å². The summed E-state index contributed by atoms with van der Waals surface area (Å²) in [5, 5.41) is 3.45. The SMILES string of the molecule is COC(=O)[C@@H]1C(=O)NC[C@H]1c1ccc(OC)s1. The molecular weight excluding hydrogens is 242 g/mol. The number of esters is 1. The second-order valence-corrected chi connectivity index (χ2v) is 4.79. The first kappa shape index (κ1) is 11.9. The molecule has 1 N–H and O–H groups in total. The minimum Gasteiger partial charge on any atom is -0.487 e. The predicted molar refractivity (Wildman–Crippen MR) is 62.1 cm³/mol. The second kappa shape index (κ2) is 4.75. The van der Waals surface area contributed by atoms with Gasteiger partial charge in [0, 0.05) is 17.3 Å². The van der Waals surface area contributed by atoms with Crippen molar-refractivity contribution in [1.82, 2.24) is 5.32 Å². The van der Waals surface area contributed by atoms with Crippen LogP contribution in [-0.4, -0.2) is 32.6 Å². The zero-order chi connectivity index (χ0) is 12.4. The number of methoxy groups -OCH3 is 2. The van der Waals surface area contributed by atoms with Crippen LogP contribution in [0.5, 0.6) is 5.06 Å². The van der Waals surface area contributed by atoms with E-state index in [0.29, 0.717) is 6.54 Å². The van der Waals surface area contributed by atoms with Crippen LogP contribution < -0.4 is 10.1 Å². The van der Waals surface area contributed by atoms with E-state index in [1.165, 1.54) is 18.4 Å². The molecular formula is C11H13NO4S. The van der Waals surface area contributed by atoms with E-state index in [1.807, 2.05) is 12.1 Å². The van der Waals surface area contributed by atoms with Crippen molar-refractivity contribution in [1.29, 1.82) is 0 Å². The molecule has 0 spiro atoms. The normalized spacial score (nSPS) is 23.3. The van der Waals surface area contributed by atoms with Gasteiger partial charge in [0.2, 0.25) is 5.91 Å². The van der Waals surface area contributed by atoms with Gasteiger partial charge in [-0.2, -0.15) is 0 Å². The molecule has 0 aromatic carbocycles. The number of nitrogens with one attached hydrogen (secondary N) is 1. The Hall–Kier alpha value is -1.56. The zero-order valence-electron chi connectivity index (χ0n) is 9.56. The lowest BCUT2D eigenvalue weighted by Gasteiger charge is -2.12. The summed E-state index contributed by atoms with van der Waals surface area (Å²) in [6, 6.07) is 3.71. The van der Waals surface area contributed by atoms with Crippen molar-refractivity contribution >= 4 is 23.2 Å². The maximum absolute atomic E-state index is 11.6. The fraction of sp³-hybridized carbons (Fsp3) is 0.455. The minimum absolute atomic E-state index is 0.163. The van der Waals surface area contributed by atoms with Crippen molar-refractivity contribution in [2.45, 2.75) is 5.92 Å². The Labute approximate surface area is 103 Å². The molecule has 92 valence electrons. The van der Waals surface area contributed by atoms with Gasteiger partial charge < -0.3 is 14.8 Å². The first-order valence-corrected chi connectivity index (χ1v) is 5.98. The average molecular weight is 255 g/mol. The maximum Gasteiger partial charge on any atom is 0.318 e. The van der Waals surface area contributed by atoms with Gasteiger partial charge in [-0.25, -0.2) is 0 Å². The fourth-order valence-electron chi connectivity index (χ4n) is 1.93. The number of thiophene rings is 1. The lowest BCUT2D eigenvalue weighted by Crippen LogP contribution is -2.27. The van der Waals surface area contributed by atoms with Crippen LogP contribution in [0, 0.1) is 5.92 Å². The molecule has 1 saturated heterocycles. The molecule has 1 aromatic heterocycles. The van der Waals surface area contributed by atoms with Gasteiger partial charge in [-0.15, -0.1) is 11.3 Å². The van der Waals surface area contributed by atoms with Crippen LogP contribution in [-0.2, 0) is 14.3 Å². The quantitative estimate of drug-likeness (QED) is 0.639. The van der Waals surface area contributed by atoms with Gasteiger partial charge in [0.25, 0.3) is 0 Å². The number of carbonyl (C=O) groups excluding carboxylic acids is 2. The van der Waals surface area contributed by atoms with Gasteiger partial charge in [-0.3, -0.25) is 9.59 Å². The van der Waals surface area contributed by atoms with Crippen molar-refractivity contribution < 1.29 is 19.1 Å². The monoisotopic (exact) mass is 255 g/mol. The fourth-order valence-corrected chi connectivity index (χ4v) is 2.89. The van der Waals surface area contributed by atoms with E-state index in [0.717, 1.165) is 9.94 Å². The lowest BCUT2D eigenvalue weighted by molar-refractivity contribution is -0.149. The molecule has 0 radical (unpaired) electrons. The third kappa shape index (κ3) is 2.12. The van der Waals surface area contributed by atoms with E-state index in [9.17, 15) is 9.59 Å². The molecule has 5 nitrogen and oxygen atoms in total. The Morgan fingerprint density at radius 2 is 2.24 bits per heavy atom. The Bertz CT molecular complexity index is 442. The highest BCUT2D eigenvalue weighted by Gasteiger charge is 2.42. The molecule has 2 atom stereocenters. The lowest BCUT2D eigenvalue weighted by atomic mass is 9.94. The molecule has 0 unspecified atom stereocenters. The summed E-state index contributed by atoms with van der Waals surface area (Å²) in [5.74, 6) is -1.67. The van der Waals surface area contributed by atoms with E-state index in [1.54, 1.807) is 7.11 Å². The largest absolute Gasteiger partial charge is 0.487 e. The van der Waals surface area contributed by atoms with Crippen molar-refractivity contribution in [2.24, 2.45) is 5.92 Å². The molecule has 2 rings (SSSR count). The smallest absolute Gasteiger partial charge is 0.318 e. The van der Waals surface area contributed by atoms with Crippen LogP contribution >= 0.6 is 11.3 Å². The molecule has 0 saturated carbocycles. The summed E-state index contributed by atoms with van der Waals surface area (Å²) < 4.78 is 9.76. The Morgan fingerprint density at radius 3 is 2.82 bits per heavy atom. The van der Waals surface area contributed by atoms with Crippen molar-refractivity contribution in [2.75, 3.05) is 20.8 Å². The summed E-state index contributed by atoms with van der Waals surface area (Å²) in [7, 11) is 2.88. The van der Waals surface area contributed by atoms with Gasteiger partial charge in [0.05, 0.1) is 14.2 Å². The Morgan fingerprint density at radius 1 is 1.47 bits per heavy atom. The number of rotatable bonds is 3. The topological polar surface area (TPSA) is 64.6 Å². The second-order valence-electron chi connectivity index (χ2n) is 3.71. The number of carbonyl (C=O) groups is 2. The third-order valence-electron chi connectivity index (χ3n) is 2.80. The third-order valence-corrected chi connectivity index (χ3v) is 3.98. The Balaban J connectivity index is 2.25. The van der Waals surface area contributed by atoms with E-state index < -0.39 is 11.9 Å². The van der Waals surface area contributed by atoms with Gasteiger partial charge in [-0.05, 0) is 12.1 Å². The van der Waals surface area contributed by atoms with Crippen LogP contribution in [0.15, 0.2) is 12.1 Å². The molecule has 2 heterocycles. The molecule has 1 fully saturated rings. The first-order chi connectivity index (χ1) is 8.17. The molecule has 0 aliphatic carbocycles. The summed E-state index contributed by atoms with van der Waals surface area (Å²) in [4.78, 5) is 24.1. The highest BCUT2D eigenvalue weighted by atomic mass is 32.1. The van der Waals surface area contributed by atoms with Gasteiger partial charge >= 0.3 is 5.97 Å². The Kier molecular flexibility index (Phi) is 3.33. The standard InChI is InChI=1S/C11H13NO4S/c1-15-8-4-3-7(17-8)6-5-12-10(13)9(6)11(14)16-2/h3-4,6,9H,5H2,1-2H3,(H,12,13)/t6-,9-/m0/s1. The van der Waals surface area contributed by atoms with Crippen LogP contribution in [0.1, 0.15) is 10.8 Å². The molecule has 6 heteroatoms. The van der Waals surface area contributed by atoms with Crippen LogP contribution in [0.4, 0.5) is 0 Å². The minimum atomic E-state index is -0.747. The van der Waals surface area contributed by atoms with Crippen LogP contribution in [0.25, 0.3) is 0 Å². The molecule has 0 bridgehead atoms. The van der Waals surface area contributed by atoms with Crippen LogP contribution in [0.2, 0.25) is 0 Å². The summed E-state index contributed by atoms with van der Waals surface area (Å²) in [6.07, 6.45) is 0. The van der Waals surface area contributed by atoms with Gasteiger partial charge in [-0.1, -0.05) is 0 Å². The number of hydrogen-bond donors (Lipinski definition) is 1. The molecule has 17 heavy (non-hydrogen) atoms. The van der Waals surface area contributed by atoms with Crippen molar-refractivity contribution in [3.05, 3.63) is 17.0 Å². The van der Waals surface area contributed by atoms with E-state index in [-0.39, 0.29) is 11.8 Å². The van der Waals surface area contributed by atoms with E-state index in [4.69, 9.17) is 4.74 Å². The molecule has 1 aromatic rings. The zero-order valence-corrected chi connectivity index (χ0v) is 10.4. The summed E-state index contributed by atoms with van der Waals surface area (Å²) in [6.45, 7) is 0.461. The van der Waals surface area contributed by atoms with E-state index in [2.05, 4.69) is 10.1 Å². The number of amides is 1. The maximum atomic E-state index is 11.6. The highest BCUT2D eigenvalue weighted by molar-refractivity contribution is 7.13. The number of ether oxygens (including phenoxy) is 2. The first-order valence-electron chi connectivity index (χ1n) is 5.16. The molecule has 1 aliphatic heterocycles. The average Bonchev–Trinajstić information content (AvgIpc) is 2.94. The van der Waals surface area contributed by atoms with Gasteiger partial charge in [0.1, 0.15) is 5.92 Å². The van der Waals surface area contributed by atoms with E-state index >= 15 is 0 Å². The highest BCUT2D eigenvalue weighted by Crippen LogP contribution is 2.36. The van der Waals surface area contributed by atoms with Crippen molar-refractivity contribution in [3.8, 4) is 5.06 Å².